The van der Waals surface area contributed by atoms with Crippen molar-refractivity contribution in [2.75, 3.05) is 12.9 Å². The van der Waals surface area contributed by atoms with Crippen LogP contribution >= 0.6 is 0 Å². The van der Waals surface area contributed by atoms with E-state index in [2.05, 4.69) is 71.1 Å². The first-order chi connectivity index (χ1) is 15.9. The molecule has 33 heavy (non-hydrogen) atoms. The lowest BCUT2D eigenvalue weighted by Crippen LogP contribution is -2.48. The van der Waals surface area contributed by atoms with Crippen molar-refractivity contribution in [3.63, 3.8) is 0 Å². The Hall–Kier alpha value is -1.73. The number of benzene rings is 2. The zero-order chi connectivity index (χ0) is 23.3. The average Bonchev–Trinajstić information content (AvgIpc) is 3.13. The van der Waals surface area contributed by atoms with E-state index in [4.69, 9.17) is 4.74 Å². The summed E-state index contributed by atoms with van der Waals surface area (Å²) in [6.45, 7) is 3.57. The van der Waals surface area contributed by atoms with Crippen molar-refractivity contribution >= 4 is 10.0 Å². The van der Waals surface area contributed by atoms with Crippen LogP contribution in [0.25, 0.3) is 0 Å². The van der Waals surface area contributed by atoms with Crippen molar-refractivity contribution in [3.05, 3.63) is 71.8 Å². The molecule has 1 N–H and O–H groups in total. The molecule has 0 radical (unpaired) electrons. The predicted molar refractivity (Wildman–Crippen MR) is 134 cm³/mol. The summed E-state index contributed by atoms with van der Waals surface area (Å²) in [5.41, 5.74) is 2.69. The van der Waals surface area contributed by atoms with Crippen LogP contribution in [0.5, 0.6) is 0 Å². The SMILES string of the molecule is CCC1CC(NS(C)(=O)=O)C(CO[C@H]2CC[C@@H](c3ccccc3)CC2)N1Cc1ccccc1. The molecule has 180 valence electrons. The van der Waals surface area contributed by atoms with Crippen molar-refractivity contribution in [3.8, 4) is 0 Å². The molecular weight excluding hydrogens is 432 g/mol. The molecule has 1 heterocycles. The topological polar surface area (TPSA) is 58.6 Å². The number of hydrogen-bond donors (Lipinski definition) is 1. The lowest BCUT2D eigenvalue weighted by molar-refractivity contribution is -0.0124. The van der Waals surface area contributed by atoms with Gasteiger partial charge in [0.25, 0.3) is 0 Å². The van der Waals surface area contributed by atoms with Gasteiger partial charge in [-0.05, 0) is 55.6 Å². The summed E-state index contributed by atoms with van der Waals surface area (Å²) in [5.74, 6) is 0.622. The quantitative estimate of drug-likeness (QED) is 0.577. The van der Waals surface area contributed by atoms with Crippen LogP contribution in [0, 0.1) is 0 Å². The Morgan fingerprint density at radius 2 is 1.61 bits per heavy atom. The van der Waals surface area contributed by atoms with E-state index in [1.54, 1.807) is 0 Å². The van der Waals surface area contributed by atoms with Gasteiger partial charge in [-0.1, -0.05) is 67.6 Å². The largest absolute Gasteiger partial charge is 0.377 e. The van der Waals surface area contributed by atoms with Gasteiger partial charge < -0.3 is 4.74 Å². The molecule has 0 amide bonds. The van der Waals surface area contributed by atoms with Crippen LogP contribution in [0.4, 0.5) is 0 Å². The minimum Gasteiger partial charge on any atom is -0.377 e. The second-order valence-electron chi connectivity index (χ2n) is 9.74. The maximum Gasteiger partial charge on any atom is 0.209 e. The van der Waals surface area contributed by atoms with Crippen LogP contribution in [0.15, 0.2) is 60.7 Å². The molecule has 1 saturated carbocycles. The number of rotatable bonds is 9. The Morgan fingerprint density at radius 1 is 0.970 bits per heavy atom. The highest BCUT2D eigenvalue weighted by Gasteiger charge is 2.42. The van der Waals surface area contributed by atoms with E-state index in [9.17, 15) is 8.42 Å². The number of sulfonamides is 1. The fourth-order valence-electron chi connectivity index (χ4n) is 5.67. The highest BCUT2D eigenvalue weighted by Crippen LogP contribution is 2.35. The number of nitrogens with one attached hydrogen (secondary N) is 1. The van der Waals surface area contributed by atoms with Gasteiger partial charge in [0.15, 0.2) is 0 Å². The van der Waals surface area contributed by atoms with Crippen molar-refractivity contribution in [1.29, 1.82) is 0 Å². The molecule has 0 spiro atoms. The molecule has 2 aliphatic rings. The molecule has 2 aromatic rings. The van der Waals surface area contributed by atoms with Crippen LogP contribution in [0.3, 0.4) is 0 Å². The second kappa shape index (κ2) is 11.1. The summed E-state index contributed by atoms with van der Waals surface area (Å²) in [6, 6.07) is 21.5. The van der Waals surface area contributed by atoms with Crippen LogP contribution < -0.4 is 4.72 Å². The molecule has 0 aromatic heterocycles. The summed E-state index contributed by atoms with van der Waals surface area (Å²) in [5, 5.41) is 0. The number of hydrogen-bond acceptors (Lipinski definition) is 4. The minimum atomic E-state index is -3.28. The highest BCUT2D eigenvalue weighted by atomic mass is 32.2. The summed E-state index contributed by atoms with van der Waals surface area (Å²) in [7, 11) is -3.28. The van der Waals surface area contributed by atoms with Crippen LogP contribution in [0.2, 0.25) is 0 Å². The molecule has 2 fully saturated rings. The Bertz CT molecular complexity index is 959. The first kappa shape index (κ1) is 24.4. The van der Waals surface area contributed by atoms with E-state index in [0.29, 0.717) is 18.6 Å². The molecule has 1 saturated heterocycles. The van der Waals surface area contributed by atoms with E-state index in [1.165, 1.54) is 17.4 Å². The highest BCUT2D eigenvalue weighted by molar-refractivity contribution is 7.88. The molecular formula is C27H38N2O3S. The lowest BCUT2D eigenvalue weighted by atomic mass is 9.83. The third kappa shape index (κ3) is 6.66. The van der Waals surface area contributed by atoms with Gasteiger partial charge in [-0.3, -0.25) is 4.90 Å². The van der Waals surface area contributed by atoms with Crippen LogP contribution in [-0.4, -0.2) is 50.4 Å². The van der Waals surface area contributed by atoms with Crippen molar-refractivity contribution < 1.29 is 13.2 Å². The number of likely N-dealkylation sites (tertiary alicyclic amines) is 1. The molecule has 6 heteroatoms. The van der Waals surface area contributed by atoms with Crippen molar-refractivity contribution in [2.45, 2.75) is 82.1 Å². The third-order valence-electron chi connectivity index (χ3n) is 7.38. The van der Waals surface area contributed by atoms with Gasteiger partial charge in [0, 0.05) is 18.6 Å². The van der Waals surface area contributed by atoms with Gasteiger partial charge >= 0.3 is 0 Å². The molecule has 3 atom stereocenters. The van der Waals surface area contributed by atoms with Gasteiger partial charge in [-0.25, -0.2) is 13.1 Å². The van der Waals surface area contributed by atoms with E-state index >= 15 is 0 Å². The van der Waals surface area contributed by atoms with E-state index in [0.717, 1.165) is 45.1 Å². The molecule has 5 nitrogen and oxygen atoms in total. The van der Waals surface area contributed by atoms with E-state index in [-0.39, 0.29) is 18.2 Å². The van der Waals surface area contributed by atoms with Crippen molar-refractivity contribution in [1.82, 2.24) is 9.62 Å². The van der Waals surface area contributed by atoms with Gasteiger partial charge in [-0.15, -0.1) is 0 Å². The Kier molecular flexibility index (Phi) is 8.23. The standard InChI is InChI=1S/C27H38N2O3S/c1-3-24-18-26(28-33(2,30)31)27(29(24)19-21-10-6-4-7-11-21)20-32-25-16-14-23(15-17-25)22-12-8-5-9-13-22/h4-13,23-28H,3,14-20H2,1-2H3/t23-,24?,25+,26?,27?. The molecule has 0 bridgehead atoms. The zero-order valence-corrected chi connectivity index (χ0v) is 20.7. The smallest absolute Gasteiger partial charge is 0.209 e. The van der Waals surface area contributed by atoms with Crippen LogP contribution in [0.1, 0.15) is 62.5 Å². The Balaban J connectivity index is 1.41. The minimum absolute atomic E-state index is 0.0386. The maximum atomic E-state index is 12.1. The summed E-state index contributed by atoms with van der Waals surface area (Å²) in [4.78, 5) is 2.47. The lowest BCUT2D eigenvalue weighted by Gasteiger charge is -2.34. The molecule has 4 rings (SSSR count). The summed E-state index contributed by atoms with van der Waals surface area (Å²) >= 11 is 0. The van der Waals surface area contributed by atoms with Crippen LogP contribution in [-0.2, 0) is 21.3 Å². The fraction of sp³-hybridized carbons (Fsp3) is 0.556. The Morgan fingerprint density at radius 3 is 2.21 bits per heavy atom. The maximum absolute atomic E-state index is 12.1. The van der Waals surface area contributed by atoms with E-state index in [1.807, 2.05) is 6.07 Å². The fourth-order valence-corrected chi connectivity index (χ4v) is 6.47. The Labute approximate surface area is 199 Å². The number of ether oxygens (including phenoxy) is 1. The first-order valence-electron chi connectivity index (χ1n) is 12.4. The normalized spacial score (nSPS) is 28.7. The molecule has 1 aliphatic carbocycles. The third-order valence-corrected chi connectivity index (χ3v) is 8.11. The second-order valence-corrected chi connectivity index (χ2v) is 11.5. The number of nitrogens with zero attached hydrogens (tertiary/aromatic N) is 1. The monoisotopic (exact) mass is 470 g/mol. The zero-order valence-electron chi connectivity index (χ0n) is 19.9. The predicted octanol–water partition coefficient (Wildman–Crippen LogP) is 4.70. The van der Waals surface area contributed by atoms with Crippen molar-refractivity contribution in [2.24, 2.45) is 0 Å². The first-order valence-corrected chi connectivity index (χ1v) is 14.3. The average molecular weight is 471 g/mol. The van der Waals surface area contributed by atoms with Gasteiger partial charge in [0.05, 0.1) is 25.0 Å². The molecule has 1 aliphatic heterocycles. The van der Waals surface area contributed by atoms with Gasteiger partial charge in [0.2, 0.25) is 10.0 Å². The summed E-state index contributed by atoms with van der Waals surface area (Å²) in [6.07, 6.45) is 7.75. The summed E-state index contributed by atoms with van der Waals surface area (Å²) < 4.78 is 33.6. The molecule has 2 aromatic carbocycles. The van der Waals surface area contributed by atoms with Gasteiger partial charge in [0.1, 0.15) is 0 Å². The van der Waals surface area contributed by atoms with E-state index < -0.39 is 10.0 Å². The molecule has 3 unspecified atom stereocenters. The van der Waals surface area contributed by atoms with Gasteiger partial charge in [-0.2, -0.15) is 0 Å².